The van der Waals surface area contributed by atoms with Crippen LogP contribution < -0.4 is 15.2 Å². The lowest BCUT2D eigenvalue weighted by atomic mass is 10.0. The van der Waals surface area contributed by atoms with Crippen molar-refractivity contribution in [3.05, 3.63) is 23.8 Å². The van der Waals surface area contributed by atoms with Gasteiger partial charge in [0.15, 0.2) is 0 Å². The van der Waals surface area contributed by atoms with E-state index in [4.69, 9.17) is 15.2 Å². The second-order valence-corrected chi connectivity index (χ2v) is 5.06. The van der Waals surface area contributed by atoms with Crippen LogP contribution in [0.15, 0.2) is 18.2 Å². The first-order chi connectivity index (χ1) is 9.57. The summed E-state index contributed by atoms with van der Waals surface area (Å²) in [4.78, 5) is 2.39. The standard InChI is InChI=1S/C16H28N2O2/c1-6-12(3)18(7-2)11-15(17)14-10-13(19-4)8-9-16(14)20-5/h8-10,12,15H,6-7,11,17H2,1-5H3. The van der Waals surface area contributed by atoms with Gasteiger partial charge >= 0.3 is 0 Å². The van der Waals surface area contributed by atoms with Crippen LogP contribution in [0.2, 0.25) is 0 Å². The highest BCUT2D eigenvalue weighted by molar-refractivity contribution is 5.42. The minimum absolute atomic E-state index is 0.0889. The molecule has 0 saturated carbocycles. The maximum Gasteiger partial charge on any atom is 0.123 e. The minimum atomic E-state index is -0.0889. The Morgan fingerprint density at radius 3 is 2.40 bits per heavy atom. The van der Waals surface area contributed by atoms with Gasteiger partial charge < -0.3 is 15.2 Å². The van der Waals surface area contributed by atoms with E-state index in [1.165, 1.54) is 0 Å². The van der Waals surface area contributed by atoms with E-state index in [1.54, 1.807) is 14.2 Å². The summed E-state index contributed by atoms with van der Waals surface area (Å²) >= 11 is 0. The fourth-order valence-electron chi connectivity index (χ4n) is 2.36. The van der Waals surface area contributed by atoms with E-state index < -0.39 is 0 Å². The van der Waals surface area contributed by atoms with E-state index in [-0.39, 0.29) is 6.04 Å². The molecule has 4 nitrogen and oxygen atoms in total. The Morgan fingerprint density at radius 2 is 1.90 bits per heavy atom. The third-order valence-electron chi connectivity index (χ3n) is 3.89. The predicted molar refractivity (Wildman–Crippen MR) is 83.5 cm³/mol. The summed E-state index contributed by atoms with van der Waals surface area (Å²) in [6.07, 6.45) is 1.12. The van der Waals surface area contributed by atoms with Crippen LogP contribution in [0.4, 0.5) is 0 Å². The zero-order valence-electron chi connectivity index (χ0n) is 13.3. The molecule has 20 heavy (non-hydrogen) atoms. The molecule has 0 saturated heterocycles. The van der Waals surface area contributed by atoms with Gasteiger partial charge in [-0.05, 0) is 38.1 Å². The van der Waals surface area contributed by atoms with Gasteiger partial charge in [0, 0.05) is 24.2 Å². The van der Waals surface area contributed by atoms with Crippen LogP contribution in [0.5, 0.6) is 11.5 Å². The van der Waals surface area contributed by atoms with Crippen LogP contribution in [-0.2, 0) is 0 Å². The van der Waals surface area contributed by atoms with Gasteiger partial charge in [0.25, 0.3) is 0 Å². The van der Waals surface area contributed by atoms with Crippen LogP contribution in [0.3, 0.4) is 0 Å². The molecular weight excluding hydrogens is 252 g/mol. The molecule has 1 rings (SSSR count). The molecule has 1 aromatic rings. The summed E-state index contributed by atoms with van der Waals surface area (Å²) in [5, 5.41) is 0. The first-order valence-electron chi connectivity index (χ1n) is 7.28. The van der Waals surface area contributed by atoms with Crippen molar-refractivity contribution in [2.45, 2.75) is 39.3 Å². The highest BCUT2D eigenvalue weighted by Crippen LogP contribution is 2.29. The molecule has 0 aliphatic heterocycles. The van der Waals surface area contributed by atoms with Crippen LogP contribution in [0, 0.1) is 0 Å². The largest absolute Gasteiger partial charge is 0.497 e. The Bertz CT molecular complexity index is 409. The normalized spacial score (nSPS) is 14.2. The average molecular weight is 280 g/mol. The molecule has 0 bridgehead atoms. The molecule has 0 heterocycles. The number of hydrogen-bond acceptors (Lipinski definition) is 4. The maximum atomic E-state index is 6.39. The lowest BCUT2D eigenvalue weighted by Gasteiger charge is -2.30. The number of benzene rings is 1. The average Bonchev–Trinajstić information content (AvgIpc) is 2.50. The third-order valence-corrected chi connectivity index (χ3v) is 3.89. The van der Waals surface area contributed by atoms with Gasteiger partial charge in [-0.2, -0.15) is 0 Å². The lowest BCUT2D eigenvalue weighted by molar-refractivity contribution is 0.201. The van der Waals surface area contributed by atoms with Gasteiger partial charge in [-0.15, -0.1) is 0 Å². The molecule has 114 valence electrons. The first-order valence-corrected chi connectivity index (χ1v) is 7.28. The van der Waals surface area contributed by atoms with Gasteiger partial charge in [0.05, 0.1) is 14.2 Å². The van der Waals surface area contributed by atoms with E-state index in [0.717, 1.165) is 36.6 Å². The Labute approximate surface area is 122 Å². The van der Waals surface area contributed by atoms with Crippen LogP contribution >= 0.6 is 0 Å². The van der Waals surface area contributed by atoms with Gasteiger partial charge in [-0.1, -0.05) is 13.8 Å². The van der Waals surface area contributed by atoms with Crippen molar-refractivity contribution in [3.63, 3.8) is 0 Å². The molecule has 2 atom stereocenters. The zero-order valence-corrected chi connectivity index (χ0v) is 13.3. The summed E-state index contributed by atoms with van der Waals surface area (Å²) in [7, 11) is 3.33. The number of nitrogens with two attached hydrogens (primary N) is 1. The van der Waals surface area contributed by atoms with E-state index in [0.29, 0.717) is 6.04 Å². The molecule has 0 radical (unpaired) electrons. The Kier molecular flexibility index (Phi) is 6.82. The summed E-state index contributed by atoms with van der Waals surface area (Å²) in [6, 6.07) is 6.21. The summed E-state index contributed by atoms with van der Waals surface area (Å²) < 4.78 is 10.7. The monoisotopic (exact) mass is 280 g/mol. The summed E-state index contributed by atoms with van der Waals surface area (Å²) in [5.41, 5.74) is 7.38. The van der Waals surface area contributed by atoms with Gasteiger partial charge in [-0.3, -0.25) is 4.90 Å². The predicted octanol–water partition coefficient (Wildman–Crippen LogP) is 2.82. The third kappa shape index (κ3) is 4.12. The summed E-state index contributed by atoms with van der Waals surface area (Å²) in [6.45, 7) is 8.41. The quantitative estimate of drug-likeness (QED) is 0.795. The number of nitrogens with zero attached hydrogens (tertiary/aromatic N) is 1. The molecule has 0 aliphatic rings. The van der Waals surface area contributed by atoms with Gasteiger partial charge in [0.2, 0.25) is 0 Å². The molecule has 2 unspecified atom stereocenters. The molecule has 0 aliphatic carbocycles. The van der Waals surface area contributed by atoms with E-state index in [9.17, 15) is 0 Å². The van der Waals surface area contributed by atoms with E-state index in [1.807, 2.05) is 18.2 Å². The van der Waals surface area contributed by atoms with Crippen molar-refractivity contribution in [1.29, 1.82) is 0 Å². The molecule has 4 heteroatoms. The zero-order chi connectivity index (χ0) is 15.1. The van der Waals surface area contributed by atoms with Crippen molar-refractivity contribution in [1.82, 2.24) is 4.90 Å². The number of hydrogen-bond donors (Lipinski definition) is 1. The highest BCUT2D eigenvalue weighted by atomic mass is 16.5. The second-order valence-electron chi connectivity index (χ2n) is 5.06. The topological polar surface area (TPSA) is 47.7 Å². The molecule has 1 aromatic carbocycles. The van der Waals surface area contributed by atoms with Crippen molar-refractivity contribution in [2.24, 2.45) is 5.73 Å². The van der Waals surface area contributed by atoms with Gasteiger partial charge in [0.1, 0.15) is 11.5 Å². The SMILES string of the molecule is CCC(C)N(CC)CC(N)c1cc(OC)ccc1OC. The first kappa shape index (κ1) is 16.8. The van der Waals surface area contributed by atoms with Crippen LogP contribution in [-0.4, -0.2) is 38.3 Å². The van der Waals surface area contributed by atoms with Crippen molar-refractivity contribution in [3.8, 4) is 11.5 Å². The summed E-state index contributed by atoms with van der Waals surface area (Å²) in [5.74, 6) is 1.63. The maximum absolute atomic E-state index is 6.39. The van der Waals surface area contributed by atoms with Crippen molar-refractivity contribution < 1.29 is 9.47 Å². The second kappa shape index (κ2) is 8.12. The molecule has 0 amide bonds. The van der Waals surface area contributed by atoms with Crippen molar-refractivity contribution in [2.75, 3.05) is 27.3 Å². The minimum Gasteiger partial charge on any atom is -0.497 e. The van der Waals surface area contributed by atoms with E-state index >= 15 is 0 Å². The number of methoxy groups -OCH3 is 2. The molecule has 0 fully saturated rings. The molecule has 2 N–H and O–H groups in total. The molecule has 0 aromatic heterocycles. The van der Waals surface area contributed by atoms with Gasteiger partial charge in [-0.25, -0.2) is 0 Å². The molecule has 0 spiro atoms. The smallest absolute Gasteiger partial charge is 0.123 e. The molecular formula is C16H28N2O2. The van der Waals surface area contributed by atoms with E-state index in [2.05, 4.69) is 25.7 Å². The van der Waals surface area contributed by atoms with Crippen molar-refractivity contribution >= 4 is 0 Å². The fourth-order valence-corrected chi connectivity index (χ4v) is 2.36. The van der Waals surface area contributed by atoms with Crippen LogP contribution in [0.1, 0.15) is 38.8 Å². The highest BCUT2D eigenvalue weighted by Gasteiger charge is 2.18. The number of likely N-dealkylation sites (N-methyl/N-ethyl adjacent to an activating group) is 1. The fraction of sp³-hybridized carbons (Fsp3) is 0.625. The number of ether oxygens (including phenoxy) is 2. The number of rotatable bonds is 8. The Hall–Kier alpha value is -1.26. The van der Waals surface area contributed by atoms with Crippen LogP contribution in [0.25, 0.3) is 0 Å². The Balaban J connectivity index is 2.92. The lowest BCUT2D eigenvalue weighted by Crippen LogP contribution is -2.38. The Morgan fingerprint density at radius 1 is 1.20 bits per heavy atom.